The Balaban J connectivity index is 1.53. The summed E-state index contributed by atoms with van der Waals surface area (Å²) in [7, 11) is 0. The molecule has 1 aliphatic carbocycles. The maximum atomic E-state index is 3.68. The first-order valence-electron chi connectivity index (χ1n) is 8.57. The zero-order valence-corrected chi connectivity index (χ0v) is 13.9. The van der Waals surface area contributed by atoms with Gasteiger partial charge < -0.3 is 5.32 Å². The second kappa shape index (κ2) is 6.10. The minimum atomic E-state index is 0.247. The second-order valence-electron chi connectivity index (χ2n) is 7.95. The third kappa shape index (κ3) is 3.87. The smallest absolute Gasteiger partial charge is 0.0139 e. The number of hydrogen-bond donors (Lipinski definition) is 1. The predicted molar refractivity (Wildman–Crippen MR) is 89.7 cm³/mol. The van der Waals surface area contributed by atoms with Crippen LogP contribution in [-0.4, -0.2) is 36.1 Å². The van der Waals surface area contributed by atoms with Gasteiger partial charge in [-0.05, 0) is 76.6 Å². The van der Waals surface area contributed by atoms with Crippen molar-refractivity contribution in [3.63, 3.8) is 0 Å². The summed E-state index contributed by atoms with van der Waals surface area (Å²) in [5.74, 6) is 0.835. The normalized spacial score (nSPS) is 26.8. The molecule has 3 rings (SSSR count). The van der Waals surface area contributed by atoms with Gasteiger partial charge in [0.25, 0.3) is 0 Å². The van der Waals surface area contributed by atoms with Gasteiger partial charge in [-0.3, -0.25) is 4.90 Å². The molecule has 0 spiro atoms. The van der Waals surface area contributed by atoms with Crippen LogP contribution in [0.15, 0.2) is 24.3 Å². The van der Waals surface area contributed by atoms with E-state index in [1.54, 1.807) is 11.1 Å². The first-order valence-corrected chi connectivity index (χ1v) is 8.57. The number of hydrogen-bond acceptors (Lipinski definition) is 2. The summed E-state index contributed by atoms with van der Waals surface area (Å²) in [6, 6.07) is 9.80. The van der Waals surface area contributed by atoms with E-state index in [2.05, 4.69) is 55.3 Å². The van der Waals surface area contributed by atoms with Gasteiger partial charge in [-0.25, -0.2) is 0 Å². The van der Waals surface area contributed by atoms with Gasteiger partial charge in [0.2, 0.25) is 0 Å². The molecule has 0 aromatic heterocycles. The molecule has 1 aromatic rings. The summed E-state index contributed by atoms with van der Waals surface area (Å²) >= 11 is 0. The van der Waals surface area contributed by atoms with Crippen molar-refractivity contribution in [2.75, 3.05) is 19.6 Å². The minimum Gasteiger partial charge on any atom is -0.312 e. The lowest BCUT2D eigenvalue weighted by molar-refractivity contribution is 0.212. The van der Waals surface area contributed by atoms with Crippen molar-refractivity contribution < 1.29 is 0 Å². The molecule has 0 bridgehead atoms. The summed E-state index contributed by atoms with van der Waals surface area (Å²) in [6.07, 6.45) is 5.23. The maximum Gasteiger partial charge on any atom is 0.0139 e. The molecule has 0 amide bonds. The van der Waals surface area contributed by atoms with E-state index >= 15 is 0 Å². The van der Waals surface area contributed by atoms with Crippen LogP contribution in [-0.2, 0) is 12.8 Å². The van der Waals surface area contributed by atoms with Crippen molar-refractivity contribution in [2.45, 2.75) is 58.0 Å². The summed E-state index contributed by atoms with van der Waals surface area (Å²) in [5.41, 5.74) is 3.42. The van der Waals surface area contributed by atoms with Crippen LogP contribution in [0.4, 0.5) is 0 Å². The van der Waals surface area contributed by atoms with Gasteiger partial charge in [0.1, 0.15) is 0 Å². The van der Waals surface area contributed by atoms with E-state index in [1.807, 2.05) is 0 Å². The lowest BCUT2D eigenvalue weighted by Gasteiger charge is -2.32. The van der Waals surface area contributed by atoms with Crippen LogP contribution in [0.2, 0.25) is 0 Å². The molecule has 2 unspecified atom stereocenters. The Labute approximate surface area is 129 Å². The van der Waals surface area contributed by atoms with Crippen LogP contribution in [0.5, 0.6) is 0 Å². The van der Waals surface area contributed by atoms with E-state index in [0.29, 0.717) is 0 Å². The first-order chi connectivity index (χ1) is 10.0. The van der Waals surface area contributed by atoms with E-state index in [-0.39, 0.29) is 5.54 Å². The SMILES string of the molecule is CC(C)(C)NCC1CCN(C2CCc3ccccc3C2)C1. The van der Waals surface area contributed by atoms with Gasteiger partial charge in [0.15, 0.2) is 0 Å². The molecule has 1 heterocycles. The Morgan fingerprint density at radius 1 is 1.14 bits per heavy atom. The van der Waals surface area contributed by atoms with Gasteiger partial charge in [-0.15, -0.1) is 0 Å². The van der Waals surface area contributed by atoms with Crippen LogP contribution in [0.1, 0.15) is 44.7 Å². The Hall–Kier alpha value is -0.860. The lowest BCUT2D eigenvalue weighted by Crippen LogP contribution is -2.41. The first kappa shape index (κ1) is 15.1. The fraction of sp³-hybridized carbons (Fsp3) is 0.684. The number of nitrogens with one attached hydrogen (secondary N) is 1. The molecule has 2 heteroatoms. The molecule has 2 atom stereocenters. The molecule has 2 nitrogen and oxygen atoms in total. The average Bonchev–Trinajstić information content (AvgIpc) is 2.93. The van der Waals surface area contributed by atoms with Crippen LogP contribution in [0.25, 0.3) is 0 Å². The molecule has 1 N–H and O–H groups in total. The zero-order chi connectivity index (χ0) is 14.9. The Bertz CT molecular complexity index is 475. The Morgan fingerprint density at radius 3 is 2.67 bits per heavy atom. The largest absolute Gasteiger partial charge is 0.312 e. The highest BCUT2D eigenvalue weighted by Crippen LogP contribution is 2.28. The van der Waals surface area contributed by atoms with Crippen molar-refractivity contribution in [3.8, 4) is 0 Å². The fourth-order valence-corrected chi connectivity index (χ4v) is 3.80. The summed E-state index contributed by atoms with van der Waals surface area (Å²) in [5, 5.41) is 3.68. The molecule has 1 aromatic carbocycles. The van der Waals surface area contributed by atoms with Crippen molar-refractivity contribution >= 4 is 0 Å². The minimum absolute atomic E-state index is 0.247. The highest BCUT2D eigenvalue weighted by molar-refractivity contribution is 5.30. The summed E-state index contributed by atoms with van der Waals surface area (Å²) < 4.78 is 0. The van der Waals surface area contributed by atoms with Crippen molar-refractivity contribution in [3.05, 3.63) is 35.4 Å². The maximum absolute atomic E-state index is 3.68. The van der Waals surface area contributed by atoms with Crippen molar-refractivity contribution in [1.29, 1.82) is 0 Å². The van der Waals surface area contributed by atoms with Gasteiger partial charge in [-0.1, -0.05) is 24.3 Å². The topological polar surface area (TPSA) is 15.3 Å². The zero-order valence-electron chi connectivity index (χ0n) is 13.9. The molecule has 1 aliphatic heterocycles. The quantitative estimate of drug-likeness (QED) is 0.917. The third-order valence-electron chi connectivity index (χ3n) is 5.08. The monoisotopic (exact) mass is 286 g/mol. The molecule has 0 radical (unpaired) electrons. The summed E-state index contributed by atoms with van der Waals surface area (Å²) in [6.45, 7) is 10.5. The van der Waals surface area contributed by atoms with Crippen LogP contribution < -0.4 is 5.32 Å². The number of benzene rings is 1. The van der Waals surface area contributed by atoms with Crippen molar-refractivity contribution in [1.82, 2.24) is 10.2 Å². The van der Waals surface area contributed by atoms with Crippen LogP contribution >= 0.6 is 0 Å². The van der Waals surface area contributed by atoms with E-state index in [0.717, 1.165) is 12.0 Å². The Morgan fingerprint density at radius 2 is 1.90 bits per heavy atom. The number of likely N-dealkylation sites (tertiary alicyclic amines) is 1. The van der Waals surface area contributed by atoms with E-state index in [4.69, 9.17) is 0 Å². The molecule has 2 aliphatic rings. The number of fused-ring (bicyclic) bond motifs is 1. The second-order valence-corrected chi connectivity index (χ2v) is 7.95. The standard InChI is InChI=1S/C19H30N2/c1-19(2,3)20-13-15-10-11-21(14-15)18-9-8-16-6-4-5-7-17(16)12-18/h4-7,15,18,20H,8-14H2,1-3H3. The molecule has 0 saturated carbocycles. The highest BCUT2D eigenvalue weighted by Gasteiger charge is 2.30. The number of aryl methyl sites for hydroxylation is 1. The molecule has 1 saturated heterocycles. The molecule has 21 heavy (non-hydrogen) atoms. The Kier molecular flexibility index (Phi) is 4.37. The third-order valence-corrected chi connectivity index (χ3v) is 5.08. The van der Waals surface area contributed by atoms with Gasteiger partial charge in [0.05, 0.1) is 0 Å². The van der Waals surface area contributed by atoms with Gasteiger partial charge in [0, 0.05) is 18.1 Å². The van der Waals surface area contributed by atoms with Crippen molar-refractivity contribution in [2.24, 2.45) is 5.92 Å². The van der Waals surface area contributed by atoms with E-state index < -0.39 is 0 Å². The molecule has 116 valence electrons. The summed E-state index contributed by atoms with van der Waals surface area (Å²) in [4.78, 5) is 2.75. The average molecular weight is 286 g/mol. The van der Waals surface area contributed by atoms with E-state index in [1.165, 1.54) is 45.3 Å². The highest BCUT2D eigenvalue weighted by atomic mass is 15.2. The van der Waals surface area contributed by atoms with Crippen LogP contribution in [0, 0.1) is 5.92 Å². The number of nitrogens with zero attached hydrogens (tertiary/aromatic N) is 1. The van der Waals surface area contributed by atoms with E-state index in [9.17, 15) is 0 Å². The predicted octanol–water partition coefficient (Wildman–Crippen LogP) is 3.25. The van der Waals surface area contributed by atoms with Crippen LogP contribution in [0.3, 0.4) is 0 Å². The molecular formula is C19H30N2. The van der Waals surface area contributed by atoms with Gasteiger partial charge >= 0.3 is 0 Å². The fourth-order valence-electron chi connectivity index (χ4n) is 3.80. The van der Waals surface area contributed by atoms with Gasteiger partial charge in [-0.2, -0.15) is 0 Å². The lowest BCUT2D eigenvalue weighted by atomic mass is 9.87. The number of rotatable bonds is 3. The molecular weight excluding hydrogens is 256 g/mol. The molecule has 1 fully saturated rings.